The first-order chi connectivity index (χ1) is 40.6. The molecule has 85 heavy (non-hydrogen) atoms. The highest BCUT2D eigenvalue weighted by atomic mass is 35.5. The molecule has 0 saturated carbocycles. The number of carbonyl (C=O) groups is 1. The van der Waals surface area contributed by atoms with E-state index in [1.807, 2.05) is 0 Å². The Morgan fingerprint density at radius 3 is 1.46 bits per heavy atom. The number of benzene rings is 3. The first-order valence-corrected chi connectivity index (χ1v) is 25.8. The summed E-state index contributed by atoms with van der Waals surface area (Å²) < 4.78 is 152. The predicted molar refractivity (Wildman–Crippen MR) is 290 cm³/mol. The van der Waals surface area contributed by atoms with Gasteiger partial charge in [-0.2, -0.15) is 27.5 Å². The molecule has 20 nitrogen and oxygen atoms in total. The number of nitrogens with one attached hydrogen (secondary N) is 1. The van der Waals surface area contributed by atoms with E-state index in [0.29, 0.717) is 31.7 Å². The van der Waals surface area contributed by atoms with E-state index in [4.69, 9.17) is 58.4 Å². The van der Waals surface area contributed by atoms with E-state index in [1.54, 1.807) is 4.90 Å². The molecule has 3 aromatic carbocycles. The number of aromatic nitrogens is 10. The summed E-state index contributed by atoms with van der Waals surface area (Å²) in [7, 11) is 4.05. The highest BCUT2D eigenvalue weighted by Crippen LogP contribution is 2.39. The molecule has 0 bridgehead atoms. The van der Waals surface area contributed by atoms with E-state index in [1.165, 1.54) is 51.7 Å². The van der Waals surface area contributed by atoms with E-state index in [9.17, 15) is 35.5 Å². The fraction of sp³-hybridized carbons (Fsp3) is 0.278. The second kappa shape index (κ2) is 29.0. The number of ether oxygens (including phenoxy) is 5. The number of methoxy groups -OCH3 is 3. The van der Waals surface area contributed by atoms with Crippen LogP contribution in [0.5, 0.6) is 29.3 Å². The average molecular weight is 1230 g/mol. The standard InChI is InChI=1S/C21H20F4N6O2.C12H8ClF3N2O.C12H8ClFN2O2.C9H13FN4O/c1-32-13-2-3-14(15(22)8-13)21(24,25)17-9-18(29-11-28-17)31-6-4-12(5-7-31)33-20-27-10-16(23)19(26)30-20;1-19-7-2-3-8(9(14)4-7)12(15,16)10-5-11(13)18-6-17-10;1-18-7-2-3-8(9(14)4-7)12(17)10-5-11(13)16-6-15-10;10-7-5-13-9(14-8(7)11)15-6-1-3-12-4-2-6/h2-3,8-12H,4-7H2,1H3,(H2,26,27,30);2-6H,1H3;2-6H,1H3;5-6,12H,1-4H2,(H2,11,13,14). The Morgan fingerprint density at radius 1 is 0.553 bits per heavy atom. The van der Waals surface area contributed by atoms with Gasteiger partial charge in [-0.3, -0.25) is 4.79 Å². The van der Waals surface area contributed by atoms with Crippen molar-refractivity contribution in [3.63, 3.8) is 0 Å². The molecule has 5 N–H and O–H groups in total. The van der Waals surface area contributed by atoms with Crippen LogP contribution in [0.25, 0.3) is 0 Å². The molecule has 2 saturated heterocycles. The van der Waals surface area contributed by atoms with Gasteiger partial charge >= 0.3 is 23.9 Å². The van der Waals surface area contributed by atoms with Crippen molar-refractivity contribution in [3.8, 4) is 29.3 Å². The Labute approximate surface area is 488 Å². The summed E-state index contributed by atoms with van der Waals surface area (Å²) in [6, 6.07) is 13.6. The van der Waals surface area contributed by atoms with Crippen molar-refractivity contribution in [2.24, 2.45) is 0 Å². The van der Waals surface area contributed by atoms with E-state index < -0.39 is 69.2 Å². The van der Waals surface area contributed by atoms with Gasteiger partial charge in [0.1, 0.15) is 99.1 Å². The number of ketones is 1. The van der Waals surface area contributed by atoms with E-state index in [-0.39, 0.29) is 74.7 Å². The van der Waals surface area contributed by atoms with Crippen LogP contribution < -0.4 is 45.4 Å². The van der Waals surface area contributed by atoms with Gasteiger partial charge in [0, 0.05) is 62.3 Å². The number of halogens is 11. The number of carbonyl (C=O) groups excluding carboxylic acids is 1. The van der Waals surface area contributed by atoms with Crippen molar-refractivity contribution in [1.82, 2.24) is 55.2 Å². The molecule has 10 rings (SSSR count). The molecule has 0 spiro atoms. The van der Waals surface area contributed by atoms with Crippen molar-refractivity contribution in [3.05, 3.63) is 177 Å². The van der Waals surface area contributed by atoms with E-state index in [0.717, 1.165) is 99.8 Å². The minimum absolute atomic E-state index is 0.0298. The summed E-state index contributed by atoms with van der Waals surface area (Å²) in [5.74, 6) is -11.6. The molecule has 0 aliphatic carbocycles. The summed E-state index contributed by atoms with van der Waals surface area (Å²) in [6.45, 7) is 2.73. The molecular weight excluding hydrogens is 1180 g/mol. The highest BCUT2D eigenvalue weighted by Gasteiger charge is 2.40. The Hall–Kier alpha value is -8.96. The molecule has 31 heteroatoms. The van der Waals surface area contributed by atoms with E-state index >= 15 is 8.78 Å². The number of hydrogen-bond donors (Lipinski definition) is 3. The van der Waals surface area contributed by atoms with Crippen LogP contribution >= 0.6 is 23.2 Å². The fourth-order valence-electron chi connectivity index (χ4n) is 7.88. The van der Waals surface area contributed by atoms with E-state index in [2.05, 4.69) is 55.2 Å². The molecular formula is C54H49Cl2F9N14O6. The molecule has 0 radical (unpaired) electrons. The third-order valence-corrected chi connectivity index (χ3v) is 12.8. The van der Waals surface area contributed by atoms with Crippen LogP contribution in [-0.4, -0.2) is 115 Å². The lowest BCUT2D eigenvalue weighted by Crippen LogP contribution is -2.39. The molecule has 5 aromatic heterocycles. The van der Waals surface area contributed by atoms with Gasteiger partial charge in [-0.05, 0) is 62.3 Å². The van der Waals surface area contributed by atoms with Crippen molar-refractivity contribution in [2.45, 2.75) is 49.7 Å². The van der Waals surface area contributed by atoms with Gasteiger partial charge in [0.05, 0.1) is 50.4 Å². The summed E-state index contributed by atoms with van der Waals surface area (Å²) >= 11 is 11.2. The molecule has 448 valence electrons. The highest BCUT2D eigenvalue weighted by molar-refractivity contribution is 6.30. The molecule has 2 aliphatic heterocycles. The number of piperidine rings is 2. The number of nitrogens with two attached hydrogens (primary N) is 2. The topological polar surface area (TPSA) is 259 Å². The maximum absolute atomic E-state index is 15.0. The quantitative estimate of drug-likeness (QED) is 0.0520. The molecule has 0 amide bonds. The number of hydrogen-bond acceptors (Lipinski definition) is 20. The Bertz CT molecular complexity index is 3580. The largest absolute Gasteiger partial charge is 0.497 e. The number of anilines is 3. The second-order valence-electron chi connectivity index (χ2n) is 17.9. The van der Waals surface area contributed by atoms with Crippen molar-refractivity contribution < 1.29 is 68.0 Å². The monoisotopic (exact) mass is 1230 g/mol. The third kappa shape index (κ3) is 16.9. The fourth-order valence-corrected chi connectivity index (χ4v) is 8.18. The Balaban J connectivity index is 0.000000171. The van der Waals surface area contributed by atoms with Crippen LogP contribution in [0.3, 0.4) is 0 Å². The lowest BCUT2D eigenvalue weighted by Gasteiger charge is -2.32. The van der Waals surface area contributed by atoms with Crippen molar-refractivity contribution in [2.75, 3.05) is 63.9 Å². The molecule has 0 unspecified atom stereocenters. The zero-order valence-corrected chi connectivity index (χ0v) is 46.3. The normalized spacial score (nSPS) is 13.6. The third-order valence-electron chi connectivity index (χ3n) is 12.3. The lowest BCUT2D eigenvalue weighted by molar-refractivity contribution is 0.0333. The Morgan fingerprint density at radius 2 is 1.00 bits per heavy atom. The van der Waals surface area contributed by atoms with Gasteiger partial charge in [0.2, 0.25) is 5.78 Å². The van der Waals surface area contributed by atoms with Crippen molar-refractivity contribution >= 4 is 46.4 Å². The average Bonchev–Trinajstić information content (AvgIpc) is 3.35. The number of rotatable bonds is 14. The zero-order valence-electron chi connectivity index (χ0n) is 44.8. The van der Waals surface area contributed by atoms with Gasteiger partial charge in [-0.1, -0.05) is 23.2 Å². The molecule has 2 aliphatic rings. The van der Waals surface area contributed by atoms with Crippen LogP contribution in [0.2, 0.25) is 10.3 Å². The number of nitrogens with zero attached hydrogens (tertiary/aromatic N) is 11. The van der Waals surface area contributed by atoms with Gasteiger partial charge in [-0.15, -0.1) is 0 Å². The van der Waals surface area contributed by atoms with Crippen LogP contribution in [0.4, 0.5) is 57.0 Å². The molecule has 8 aromatic rings. The second-order valence-corrected chi connectivity index (χ2v) is 18.6. The predicted octanol–water partition coefficient (Wildman–Crippen LogP) is 9.58. The minimum Gasteiger partial charge on any atom is -0.497 e. The van der Waals surface area contributed by atoms with Gasteiger partial charge < -0.3 is 45.4 Å². The number of alkyl halides is 4. The first-order valence-electron chi connectivity index (χ1n) is 25.0. The van der Waals surface area contributed by atoms with Crippen LogP contribution in [0.1, 0.15) is 64.2 Å². The van der Waals surface area contributed by atoms with Gasteiger partial charge in [0.25, 0.3) is 0 Å². The van der Waals surface area contributed by atoms with Gasteiger partial charge in [0.15, 0.2) is 23.3 Å². The lowest BCUT2D eigenvalue weighted by atomic mass is 10.0. The molecule has 7 heterocycles. The van der Waals surface area contributed by atoms with Crippen LogP contribution in [0.15, 0.2) is 104 Å². The summed E-state index contributed by atoms with van der Waals surface area (Å²) in [5.41, 5.74) is 7.78. The maximum atomic E-state index is 15.0. The van der Waals surface area contributed by atoms with Gasteiger partial charge in [-0.25, -0.2) is 61.8 Å². The molecule has 0 atom stereocenters. The summed E-state index contributed by atoms with van der Waals surface area (Å²) in [6.07, 6.45) is 7.70. The smallest absolute Gasteiger partial charge is 0.318 e. The zero-order chi connectivity index (χ0) is 61.4. The number of nitrogen functional groups attached to an aromatic ring is 2. The maximum Gasteiger partial charge on any atom is 0.318 e. The SMILES string of the molecule is COc1ccc(C(=O)c2cc(Cl)ncn2)c(F)c1.COc1ccc(C(F)(F)c2cc(Cl)ncn2)c(F)c1.COc1ccc(C(F)(F)c2cc(N3CCC(Oc4ncc(F)c(N)n4)CC3)ncn2)c(F)c1.Nc1nc(OC2CCNCC2)ncc1F. The van der Waals surface area contributed by atoms with Crippen LogP contribution in [0, 0.1) is 29.1 Å². The van der Waals surface area contributed by atoms with Crippen LogP contribution in [-0.2, 0) is 11.8 Å². The molecule has 2 fully saturated rings. The van der Waals surface area contributed by atoms with Crippen molar-refractivity contribution in [1.29, 1.82) is 0 Å². The Kier molecular flexibility index (Phi) is 21.7. The summed E-state index contributed by atoms with van der Waals surface area (Å²) in [5, 5.41) is 3.20. The first kappa shape index (κ1) is 63.6. The summed E-state index contributed by atoms with van der Waals surface area (Å²) in [4.78, 5) is 50.8. The minimum atomic E-state index is -3.67.